The molecular formula is C19H16N4O2. The SMILES string of the molecule is O=C(O)CNc1nc2ccccc2n1Cc1cccc2cccnc12. The normalized spacial score (nSPS) is 11.0. The number of carboxylic acid groups (broad SMARTS) is 1. The summed E-state index contributed by atoms with van der Waals surface area (Å²) in [6.07, 6.45) is 1.78. The number of hydrogen-bond acceptors (Lipinski definition) is 4. The Morgan fingerprint density at radius 1 is 1.08 bits per heavy atom. The van der Waals surface area contributed by atoms with E-state index in [0.717, 1.165) is 27.5 Å². The lowest BCUT2D eigenvalue weighted by Gasteiger charge is -2.11. The molecule has 0 bridgehead atoms. The highest BCUT2D eigenvalue weighted by atomic mass is 16.4. The fraction of sp³-hybridized carbons (Fsp3) is 0.105. The van der Waals surface area contributed by atoms with E-state index >= 15 is 0 Å². The number of carbonyl (C=O) groups is 1. The second-order valence-corrected chi connectivity index (χ2v) is 5.75. The van der Waals surface area contributed by atoms with Crippen LogP contribution in [0.5, 0.6) is 0 Å². The summed E-state index contributed by atoms with van der Waals surface area (Å²) in [6.45, 7) is 0.369. The van der Waals surface area contributed by atoms with Crippen LogP contribution in [0.1, 0.15) is 5.56 Å². The summed E-state index contributed by atoms with van der Waals surface area (Å²) in [4.78, 5) is 19.9. The molecule has 0 saturated carbocycles. The van der Waals surface area contributed by atoms with E-state index in [1.807, 2.05) is 59.2 Å². The van der Waals surface area contributed by atoms with E-state index in [0.29, 0.717) is 12.5 Å². The van der Waals surface area contributed by atoms with E-state index in [4.69, 9.17) is 5.11 Å². The van der Waals surface area contributed by atoms with Crippen LogP contribution in [0, 0.1) is 0 Å². The van der Waals surface area contributed by atoms with E-state index in [1.54, 1.807) is 6.20 Å². The third-order valence-electron chi connectivity index (χ3n) is 4.10. The van der Waals surface area contributed by atoms with Gasteiger partial charge in [-0.25, -0.2) is 4.98 Å². The molecule has 0 radical (unpaired) electrons. The predicted molar refractivity (Wildman–Crippen MR) is 96.7 cm³/mol. The number of pyridine rings is 1. The number of anilines is 1. The van der Waals surface area contributed by atoms with Crippen LogP contribution in [0.15, 0.2) is 60.8 Å². The molecule has 0 fully saturated rings. The number of nitrogens with one attached hydrogen (secondary N) is 1. The van der Waals surface area contributed by atoms with Crippen LogP contribution in [0.2, 0.25) is 0 Å². The second-order valence-electron chi connectivity index (χ2n) is 5.75. The third kappa shape index (κ3) is 2.89. The number of carboxylic acids is 1. The quantitative estimate of drug-likeness (QED) is 0.587. The molecule has 4 rings (SSSR count). The molecule has 2 aromatic carbocycles. The first-order chi connectivity index (χ1) is 12.2. The minimum atomic E-state index is -0.926. The first-order valence-electron chi connectivity index (χ1n) is 7.96. The van der Waals surface area contributed by atoms with Gasteiger partial charge in [-0.05, 0) is 23.8 Å². The first-order valence-corrected chi connectivity index (χ1v) is 7.96. The number of rotatable bonds is 5. The average Bonchev–Trinajstić information content (AvgIpc) is 2.98. The summed E-state index contributed by atoms with van der Waals surface area (Å²) in [5, 5.41) is 12.9. The third-order valence-corrected chi connectivity index (χ3v) is 4.10. The van der Waals surface area contributed by atoms with E-state index in [2.05, 4.69) is 15.3 Å². The molecular weight excluding hydrogens is 316 g/mol. The van der Waals surface area contributed by atoms with Crippen molar-refractivity contribution in [3.63, 3.8) is 0 Å². The molecule has 124 valence electrons. The number of fused-ring (bicyclic) bond motifs is 2. The van der Waals surface area contributed by atoms with E-state index in [9.17, 15) is 4.79 Å². The van der Waals surface area contributed by atoms with Crippen molar-refractivity contribution < 1.29 is 9.90 Å². The maximum Gasteiger partial charge on any atom is 0.322 e. The molecule has 2 heterocycles. The van der Waals surface area contributed by atoms with E-state index in [1.165, 1.54) is 0 Å². The van der Waals surface area contributed by atoms with Gasteiger partial charge in [-0.15, -0.1) is 0 Å². The van der Waals surface area contributed by atoms with E-state index in [-0.39, 0.29) is 6.54 Å². The Kier molecular flexibility index (Phi) is 3.78. The predicted octanol–water partition coefficient (Wildman–Crippen LogP) is 3.13. The Hall–Kier alpha value is -3.41. The highest BCUT2D eigenvalue weighted by Crippen LogP contribution is 2.23. The van der Waals surface area contributed by atoms with Gasteiger partial charge in [0.15, 0.2) is 0 Å². The smallest absolute Gasteiger partial charge is 0.322 e. The molecule has 0 spiro atoms. The van der Waals surface area contributed by atoms with Gasteiger partial charge in [0.1, 0.15) is 6.54 Å². The van der Waals surface area contributed by atoms with Gasteiger partial charge >= 0.3 is 5.97 Å². The largest absolute Gasteiger partial charge is 0.480 e. The second kappa shape index (κ2) is 6.24. The van der Waals surface area contributed by atoms with Crippen molar-refractivity contribution in [2.75, 3.05) is 11.9 Å². The molecule has 0 aliphatic carbocycles. The molecule has 0 aliphatic heterocycles. The topological polar surface area (TPSA) is 80.0 Å². The molecule has 4 aromatic rings. The molecule has 2 aromatic heterocycles. The van der Waals surface area contributed by atoms with Crippen molar-refractivity contribution in [1.82, 2.24) is 14.5 Å². The van der Waals surface area contributed by atoms with Gasteiger partial charge in [0.25, 0.3) is 0 Å². The van der Waals surface area contributed by atoms with Crippen molar-refractivity contribution in [2.24, 2.45) is 0 Å². The fourth-order valence-corrected chi connectivity index (χ4v) is 2.99. The lowest BCUT2D eigenvalue weighted by atomic mass is 10.1. The Morgan fingerprint density at radius 2 is 1.92 bits per heavy atom. The van der Waals surface area contributed by atoms with Crippen molar-refractivity contribution in [1.29, 1.82) is 0 Å². The number of hydrogen-bond donors (Lipinski definition) is 2. The van der Waals surface area contributed by atoms with Crippen molar-refractivity contribution >= 4 is 33.9 Å². The van der Waals surface area contributed by atoms with Crippen molar-refractivity contribution in [3.05, 3.63) is 66.4 Å². The number of imidazole rings is 1. The molecule has 6 nitrogen and oxygen atoms in total. The molecule has 25 heavy (non-hydrogen) atoms. The first kappa shape index (κ1) is 15.1. The van der Waals surface area contributed by atoms with Crippen LogP contribution < -0.4 is 5.32 Å². The summed E-state index contributed by atoms with van der Waals surface area (Å²) in [6, 6.07) is 17.8. The highest BCUT2D eigenvalue weighted by molar-refractivity contribution is 5.83. The average molecular weight is 332 g/mol. The molecule has 0 amide bonds. The number of aliphatic carboxylic acids is 1. The zero-order valence-corrected chi connectivity index (χ0v) is 13.4. The summed E-state index contributed by atoms with van der Waals surface area (Å²) < 4.78 is 1.99. The maximum atomic E-state index is 10.9. The monoisotopic (exact) mass is 332 g/mol. The number of nitrogens with zero attached hydrogens (tertiary/aromatic N) is 3. The zero-order valence-electron chi connectivity index (χ0n) is 13.4. The minimum absolute atomic E-state index is 0.183. The Balaban J connectivity index is 1.81. The number of benzene rings is 2. The fourth-order valence-electron chi connectivity index (χ4n) is 2.99. The lowest BCUT2D eigenvalue weighted by molar-refractivity contribution is -0.134. The summed E-state index contributed by atoms with van der Waals surface area (Å²) in [5.41, 5.74) is 3.76. The molecule has 0 atom stereocenters. The minimum Gasteiger partial charge on any atom is -0.480 e. The van der Waals surface area contributed by atoms with Crippen LogP contribution in [0.4, 0.5) is 5.95 Å². The number of para-hydroxylation sites is 3. The lowest BCUT2D eigenvalue weighted by Crippen LogP contribution is -2.16. The Labute approximate surface area is 143 Å². The summed E-state index contributed by atoms with van der Waals surface area (Å²) in [7, 11) is 0. The van der Waals surface area contributed by atoms with Crippen LogP contribution in [0.3, 0.4) is 0 Å². The molecule has 2 N–H and O–H groups in total. The zero-order chi connectivity index (χ0) is 17.2. The van der Waals surface area contributed by atoms with Gasteiger partial charge in [-0.3, -0.25) is 9.78 Å². The Bertz CT molecular complexity index is 1070. The van der Waals surface area contributed by atoms with Crippen LogP contribution in [0.25, 0.3) is 21.9 Å². The van der Waals surface area contributed by atoms with Crippen molar-refractivity contribution in [2.45, 2.75) is 6.54 Å². The van der Waals surface area contributed by atoms with Gasteiger partial charge in [0.05, 0.1) is 23.1 Å². The molecule has 0 unspecified atom stereocenters. The van der Waals surface area contributed by atoms with E-state index < -0.39 is 5.97 Å². The molecule has 6 heteroatoms. The van der Waals surface area contributed by atoms with Crippen LogP contribution in [-0.2, 0) is 11.3 Å². The van der Waals surface area contributed by atoms with Crippen LogP contribution in [-0.4, -0.2) is 32.2 Å². The number of aromatic nitrogens is 3. The Morgan fingerprint density at radius 3 is 2.80 bits per heavy atom. The van der Waals surface area contributed by atoms with Crippen LogP contribution >= 0.6 is 0 Å². The van der Waals surface area contributed by atoms with Gasteiger partial charge in [0, 0.05) is 11.6 Å². The summed E-state index contributed by atoms with van der Waals surface area (Å²) in [5.74, 6) is -0.387. The molecule has 0 aliphatic rings. The standard InChI is InChI=1S/C19H16N4O2/c24-17(25)11-21-19-22-15-8-1-2-9-16(15)23(19)12-14-6-3-5-13-7-4-10-20-18(13)14/h1-10H,11-12H2,(H,21,22)(H,24,25). The van der Waals surface area contributed by atoms with Gasteiger partial charge in [0.2, 0.25) is 5.95 Å². The summed E-state index contributed by atoms with van der Waals surface area (Å²) >= 11 is 0. The maximum absolute atomic E-state index is 10.9. The van der Waals surface area contributed by atoms with Gasteiger partial charge < -0.3 is 15.0 Å². The highest BCUT2D eigenvalue weighted by Gasteiger charge is 2.13. The van der Waals surface area contributed by atoms with Gasteiger partial charge in [-0.1, -0.05) is 36.4 Å². The van der Waals surface area contributed by atoms with Crippen molar-refractivity contribution in [3.8, 4) is 0 Å². The van der Waals surface area contributed by atoms with Gasteiger partial charge in [-0.2, -0.15) is 0 Å². The molecule has 0 saturated heterocycles.